The molecule has 0 bridgehead atoms. The second kappa shape index (κ2) is 18.7. The van der Waals surface area contributed by atoms with Gasteiger partial charge in [-0.3, -0.25) is 24.0 Å². The molecule has 5 amide bonds. The van der Waals surface area contributed by atoms with Crippen LogP contribution in [-0.2, 0) is 54.5 Å². The Bertz CT molecular complexity index is 1720. The zero-order chi connectivity index (χ0) is 36.8. The highest BCUT2D eigenvalue weighted by Crippen LogP contribution is 2.05. The van der Waals surface area contributed by atoms with Crippen molar-refractivity contribution in [2.45, 2.75) is 55.9 Å². The fourth-order valence-electron chi connectivity index (χ4n) is 4.75. The zero-order valence-electron chi connectivity index (χ0n) is 27.0. The highest BCUT2D eigenvalue weighted by Gasteiger charge is 2.30. The van der Waals surface area contributed by atoms with Crippen molar-refractivity contribution in [3.8, 4) is 0 Å². The summed E-state index contributed by atoms with van der Waals surface area (Å²) in [4.78, 5) is 104. The lowest BCUT2D eigenvalue weighted by molar-refractivity contribution is -0.142. The molecule has 0 saturated heterocycles. The lowest BCUT2D eigenvalue weighted by Gasteiger charge is -2.23. The third-order valence-corrected chi connectivity index (χ3v) is 7.77. The number of imidazole rings is 4. The molecule has 0 aliphatic carbocycles. The fourth-order valence-corrected chi connectivity index (χ4v) is 5.00. The molecule has 0 aromatic carbocycles. The number of aliphatic carboxylic acids is 1. The lowest BCUT2D eigenvalue weighted by Crippen LogP contribution is -2.58. The molecule has 51 heavy (non-hydrogen) atoms. The van der Waals surface area contributed by atoms with Crippen LogP contribution in [0.1, 0.15) is 22.8 Å². The van der Waals surface area contributed by atoms with E-state index in [1.807, 2.05) is 0 Å². The number of aromatic nitrogens is 8. The summed E-state index contributed by atoms with van der Waals surface area (Å²) in [6.07, 6.45) is 11.4. The standard InChI is InChI=1S/C29H38N14O7S/c30-19(1-15-5-31-11-36-15)25(45)41-21(3-17-7-33-13-38-17)28(48)43-23(10-51)26(46)35-9-24(44)40-20(2-16-6-32-12-37-16)27(47)42-22(29(49)50)4-18-8-34-14-39-18/h5-8,11-14,19-23,51H,1-4,9-10,30H2,(H,31,36)(H,32,37)(H,33,38)(H,34,39)(H,35,46)(H,40,44)(H,41,45)(H,42,47)(H,43,48)(H,49,50)/t19-,20-,21-,22-,23-/m0/s1. The molecule has 12 N–H and O–H groups in total. The van der Waals surface area contributed by atoms with Crippen LogP contribution in [0.5, 0.6) is 0 Å². The Hall–Kier alpha value is -6.03. The van der Waals surface area contributed by atoms with Gasteiger partial charge in [-0.15, -0.1) is 0 Å². The number of hydrogen-bond donors (Lipinski definition) is 12. The summed E-state index contributed by atoms with van der Waals surface area (Å²) in [5, 5.41) is 22.1. The Balaban J connectivity index is 1.34. The second-order valence-corrected chi connectivity index (χ2v) is 11.6. The number of nitrogens with zero attached hydrogens (tertiary/aromatic N) is 4. The molecule has 272 valence electrons. The predicted molar refractivity (Wildman–Crippen MR) is 179 cm³/mol. The molecular weight excluding hydrogens is 688 g/mol. The minimum atomic E-state index is -1.34. The first-order valence-electron chi connectivity index (χ1n) is 15.5. The van der Waals surface area contributed by atoms with E-state index >= 15 is 0 Å². The van der Waals surface area contributed by atoms with Crippen LogP contribution in [0.4, 0.5) is 0 Å². The molecule has 0 aliphatic rings. The van der Waals surface area contributed by atoms with Crippen molar-refractivity contribution in [2.75, 3.05) is 12.3 Å². The largest absolute Gasteiger partial charge is 0.480 e. The van der Waals surface area contributed by atoms with Gasteiger partial charge in [0.25, 0.3) is 0 Å². The van der Waals surface area contributed by atoms with E-state index in [4.69, 9.17) is 5.73 Å². The molecule has 5 atom stereocenters. The number of thiol groups is 1. The number of carbonyl (C=O) groups is 6. The monoisotopic (exact) mass is 726 g/mol. The summed E-state index contributed by atoms with van der Waals surface area (Å²) in [6, 6.07) is -6.03. The molecule has 21 nitrogen and oxygen atoms in total. The van der Waals surface area contributed by atoms with Gasteiger partial charge < -0.3 is 57.4 Å². The van der Waals surface area contributed by atoms with Gasteiger partial charge in [-0.25, -0.2) is 24.7 Å². The van der Waals surface area contributed by atoms with Gasteiger partial charge in [0, 0.05) is 79.0 Å². The molecule has 4 aromatic rings. The van der Waals surface area contributed by atoms with E-state index in [-0.39, 0.29) is 31.4 Å². The van der Waals surface area contributed by atoms with Crippen LogP contribution in [0.2, 0.25) is 0 Å². The summed E-state index contributed by atoms with van der Waals surface area (Å²) < 4.78 is 0. The van der Waals surface area contributed by atoms with Gasteiger partial charge in [0.2, 0.25) is 29.5 Å². The van der Waals surface area contributed by atoms with Gasteiger partial charge >= 0.3 is 5.97 Å². The number of carbonyl (C=O) groups excluding carboxylic acids is 5. The number of nitrogens with two attached hydrogens (primary N) is 1. The minimum absolute atomic E-state index is 0.0118. The molecule has 0 fully saturated rings. The molecule has 0 aliphatic heterocycles. The van der Waals surface area contributed by atoms with Crippen LogP contribution >= 0.6 is 12.6 Å². The first kappa shape index (κ1) is 37.8. The number of aromatic amines is 4. The van der Waals surface area contributed by atoms with Crippen molar-refractivity contribution < 1.29 is 33.9 Å². The van der Waals surface area contributed by atoms with Gasteiger partial charge in [-0.1, -0.05) is 0 Å². The van der Waals surface area contributed by atoms with Crippen LogP contribution in [0.3, 0.4) is 0 Å². The Labute approximate surface area is 295 Å². The number of carboxylic acid groups (broad SMARTS) is 1. The molecule has 0 unspecified atom stereocenters. The van der Waals surface area contributed by atoms with E-state index < -0.39 is 72.3 Å². The zero-order valence-corrected chi connectivity index (χ0v) is 27.9. The second-order valence-electron chi connectivity index (χ2n) is 11.3. The van der Waals surface area contributed by atoms with Crippen LogP contribution in [0.25, 0.3) is 0 Å². The maximum absolute atomic E-state index is 13.4. The molecule has 0 spiro atoms. The van der Waals surface area contributed by atoms with Crippen LogP contribution < -0.4 is 32.3 Å². The Kier molecular flexibility index (Phi) is 13.8. The average Bonchev–Trinajstić information content (AvgIpc) is 3.95. The number of rotatable bonds is 20. The van der Waals surface area contributed by atoms with E-state index in [2.05, 4.69) is 79.1 Å². The van der Waals surface area contributed by atoms with E-state index in [0.29, 0.717) is 22.8 Å². The van der Waals surface area contributed by atoms with Crippen molar-refractivity contribution >= 4 is 48.1 Å². The van der Waals surface area contributed by atoms with Crippen molar-refractivity contribution in [1.82, 2.24) is 66.5 Å². The average molecular weight is 727 g/mol. The van der Waals surface area contributed by atoms with E-state index in [1.54, 1.807) is 0 Å². The number of carboxylic acids is 1. The Morgan fingerprint density at radius 3 is 1.45 bits per heavy atom. The minimum Gasteiger partial charge on any atom is -0.480 e. The highest BCUT2D eigenvalue weighted by molar-refractivity contribution is 7.80. The Morgan fingerprint density at radius 1 is 0.608 bits per heavy atom. The molecule has 0 saturated carbocycles. The Morgan fingerprint density at radius 2 is 1.02 bits per heavy atom. The first-order valence-corrected chi connectivity index (χ1v) is 16.1. The van der Waals surface area contributed by atoms with Crippen molar-refractivity contribution in [3.05, 3.63) is 72.9 Å². The molecule has 0 radical (unpaired) electrons. The van der Waals surface area contributed by atoms with Crippen LogP contribution in [0, 0.1) is 0 Å². The maximum atomic E-state index is 13.4. The molecule has 4 heterocycles. The SMILES string of the molecule is N[C@@H](Cc1cnc[nH]1)C(=O)N[C@@H](Cc1cnc[nH]1)C(=O)N[C@@H](CS)C(=O)NCC(=O)N[C@@H](Cc1cnc[nH]1)C(=O)N[C@@H](Cc1cnc[nH]1)C(=O)O. The van der Waals surface area contributed by atoms with E-state index in [9.17, 15) is 33.9 Å². The van der Waals surface area contributed by atoms with Crippen molar-refractivity contribution in [2.24, 2.45) is 5.73 Å². The molecule has 4 aromatic heterocycles. The number of H-pyrrole nitrogens is 4. The van der Waals surface area contributed by atoms with Gasteiger partial charge in [0.1, 0.15) is 24.2 Å². The van der Waals surface area contributed by atoms with Crippen LogP contribution in [0.15, 0.2) is 50.1 Å². The van der Waals surface area contributed by atoms with E-state index in [1.165, 1.54) is 50.1 Å². The molecule has 4 rings (SSSR count). The molecular formula is C29H38N14O7S. The van der Waals surface area contributed by atoms with Gasteiger partial charge in [-0.2, -0.15) is 12.6 Å². The molecule has 22 heteroatoms. The third-order valence-electron chi connectivity index (χ3n) is 7.41. The smallest absolute Gasteiger partial charge is 0.326 e. The fraction of sp³-hybridized carbons (Fsp3) is 0.379. The summed E-state index contributed by atoms with van der Waals surface area (Å²) in [7, 11) is 0. The lowest BCUT2D eigenvalue weighted by atomic mass is 10.1. The van der Waals surface area contributed by atoms with Crippen LogP contribution in [-0.4, -0.2) is 123 Å². The quantitative estimate of drug-likeness (QED) is 0.0391. The number of amides is 5. The number of hydrogen-bond acceptors (Lipinski definition) is 12. The van der Waals surface area contributed by atoms with Gasteiger partial charge in [-0.05, 0) is 0 Å². The van der Waals surface area contributed by atoms with Gasteiger partial charge in [0.15, 0.2) is 0 Å². The summed E-state index contributed by atoms with van der Waals surface area (Å²) in [5.74, 6) is -5.21. The summed E-state index contributed by atoms with van der Waals surface area (Å²) >= 11 is 4.17. The maximum Gasteiger partial charge on any atom is 0.326 e. The summed E-state index contributed by atoms with van der Waals surface area (Å²) in [5.41, 5.74) is 8.12. The summed E-state index contributed by atoms with van der Waals surface area (Å²) in [6.45, 7) is -0.612. The van der Waals surface area contributed by atoms with Crippen molar-refractivity contribution in [3.63, 3.8) is 0 Å². The third kappa shape index (κ3) is 11.8. The highest BCUT2D eigenvalue weighted by atomic mass is 32.1. The topological polar surface area (TPSA) is 324 Å². The normalized spacial score (nSPS) is 13.9. The van der Waals surface area contributed by atoms with E-state index in [0.717, 1.165) is 0 Å². The predicted octanol–water partition coefficient (Wildman–Crippen LogP) is -3.75. The van der Waals surface area contributed by atoms with Crippen molar-refractivity contribution in [1.29, 1.82) is 0 Å². The number of nitrogens with one attached hydrogen (secondary N) is 9. The first-order chi connectivity index (χ1) is 24.5. The van der Waals surface area contributed by atoms with Gasteiger partial charge in [0.05, 0.1) is 37.9 Å².